The summed E-state index contributed by atoms with van der Waals surface area (Å²) in [5, 5.41) is 0. The number of nitrogens with zero attached hydrogens (tertiary/aromatic N) is 2. The third-order valence-corrected chi connectivity index (χ3v) is 4.90. The Labute approximate surface area is 118 Å². The number of pyridine rings is 1. The molecule has 2 unspecified atom stereocenters. The summed E-state index contributed by atoms with van der Waals surface area (Å²) in [6.45, 7) is 4.85. The van der Waals surface area contributed by atoms with Gasteiger partial charge in [0.05, 0.1) is 0 Å². The van der Waals surface area contributed by atoms with Crippen molar-refractivity contribution in [2.75, 3.05) is 13.1 Å². The summed E-state index contributed by atoms with van der Waals surface area (Å²) in [4.78, 5) is 7.40. The van der Waals surface area contributed by atoms with Crippen LogP contribution in [-0.2, 0) is 12.8 Å². The standard InChI is InChI=1S/C15H21BrN2/c1-2-7-18-8-3-4-12-9-13-11(10-14(12)18)5-6-15(16)17-13/h5-6,12,14H,2-4,7-10H2,1H3. The lowest BCUT2D eigenvalue weighted by Crippen LogP contribution is -2.49. The first-order chi connectivity index (χ1) is 8.78. The average Bonchev–Trinajstić information content (AvgIpc) is 2.37. The van der Waals surface area contributed by atoms with Crippen LogP contribution in [0.2, 0.25) is 0 Å². The van der Waals surface area contributed by atoms with E-state index in [4.69, 9.17) is 0 Å². The fraction of sp³-hybridized carbons (Fsp3) is 0.667. The molecule has 1 aliphatic heterocycles. The van der Waals surface area contributed by atoms with E-state index in [2.05, 4.69) is 44.9 Å². The molecule has 0 aromatic carbocycles. The van der Waals surface area contributed by atoms with Crippen molar-refractivity contribution in [3.05, 3.63) is 28.0 Å². The van der Waals surface area contributed by atoms with Crippen LogP contribution in [0.15, 0.2) is 16.7 Å². The number of halogens is 1. The van der Waals surface area contributed by atoms with Crippen molar-refractivity contribution in [2.24, 2.45) is 5.92 Å². The quantitative estimate of drug-likeness (QED) is 0.778. The number of likely N-dealkylation sites (tertiary alicyclic amines) is 1. The second kappa shape index (κ2) is 5.30. The molecule has 2 atom stereocenters. The molecule has 1 aromatic rings. The predicted octanol–water partition coefficient (Wildman–Crippen LogP) is 3.43. The van der Waals surface area contributed by atoms with Gasteiger partial charge >= 0.3 is 0 Å². The lowest BCUT2D eigenvalue weighted by molar-refractivity contribution is 0.0845. The molecule has 1 saturated heterocycles. The van der Waals surface area contributed by atoms with E-state index in [1.165, 1.54) is 56.5 Å². The van der Waals surface area contributed by atoms with Crippen LogP contribution in [-0.4, -0.2) is 29.0 Å². The summed E-state index contributed by atoms with van der Waals surface area (Å²) in [5.74, 6) is 0.833. The second-order valence-electron chi connectivity index (χ2n) is 5.65. The molecule has 1 aromatic heterocycles. The van der Waals surface area contributed by atoms with Gasteiger partial charge < -0.3 is 0 Å². The number of piperidine rings is 1. The normalized spacial score (nSPS) is 27.7. The van der Waals surface area contributed by atoms with E-state index in [0.717, 1.165) is 16.6 Å². The highest BCUT2D eigenvalue weighted by molar-refractivity contribution is 9.10. The van der Waals surface area contributed by atoms with Crippen molar-refractivity contribution >= 4 is 15.9 Å². The lowest BCUT2D eigenvalue weighted by Gasteiger charge is -2.44. The third kappa shape index (κ3) is 2.35. The minimum Gasteiger partial charge on any atom is -0.300 e. The minimum atomic E-state index is 0.772. The molecule has 0 radical (unpaired) electrons. The maximum Gasteiger partial charge on any atom is 0.106 e. The number of aromatic nitrogens is 1. The molecule has 2 aliphatic rings. The van der Waals surface area contributed by atoms with Gasteiger partial charge in [-0.25, -0.2) is 4.98 Å². The van der Waals surface area contributed by atoms with Crippen LogP contribution >= 0.6 is 15.9 Å². The number of hydrogen-bond donors (Lipinski definition) is 0. The van der Waals surface area contributed by atoms with Gasteiger partial charge in [-0.15, -0.1) is 0 Å². The van der Waals surface area contributed by atoms with Crippen molar-refractivity contribution in [3.63, 3.8) is 0 Å². The first kappa shape index (κ1) is 12.6. The summed E-state index contributed by atoms with van der Waals surface area (Å²) in [7, 11) is 0. The minimum absolute atomic E-state index is 0.772. The zero-order valence-corrected chi connectivity index (χ0v) is 12.6. The third-order valence-electron chi connectivity index (χ3n) is 4.46. The van der Waals surface area contributed by atoms with Crippen molar-refractivity contribution in [2.45, 2.75) is 45.1 Å². The predicted molar refractivity (Wildman–Crippen MR) is 77.7 cm³/mol. The van der Waals surface area contributed by atoms with Crippen LogP contribution in [0.5, 0.6) is 0 Å². The van der Waals surface area contributed by atoms with Crippen molar-refractivity contribution < 1.29 is 0 Å². The molecule has 0 saturated carbocycles. The molecule has 2 nitrogen and oxygen atoms in total. The van der Waals surface area contributed by atoms with E-state index in [9.17, 15) is 0 Å². The Morgan fingerprint density at radius 1 is 1.39 bits per heavy atom. The molecule has 98 valence electrons. The van der Waals surface area contributed by atoms with Crippen molar-refractivity contribution in [1.29, 1.82) is 0 Å². The molecule has 0 spiro atoms. The van der Waals surface area contributed by atoms with E-state index >= 15 is 0 Å². The van der Waals surface area contributed by atoms with Crippen LogP contribution in [0.3, 0.4) is 0 Å². The molecular formula is C15H21BrN2. The lowest BCUT2D eigenvalue weighted by atomic mass is 9.77. The van der Waals surface area contributed by atoms with E-state index in [1.54, 1.807) is 0 Å². The number of fused-ring (bicyclic) bond motifs is 2. The SMILES string of the molecule is CCCN1CCCC2Cc3nc(Br)ccc3CC21. The Kier molecular flexibility index (Phi) is 3.71. The number of rotatable bonds is 2. The zero-order chi connectivity index (χ0) is 12.5. The van der Waals surface area contributed by atoms with Crippen LogP contribution in [0, 0.1) is 5.92 Å². The summed E-state index contributed by atoms with van der Waals surface area (Å²) in [6, 6.07) is 5.13. The van der Waals surface area contributed by atoms with E-state index < -0.39 is 0 Å². The topological polar surface area (TPSA) is 16.1 Å². The molecule has 1 aliphatic carbocycles. The van der Waals surface area contributed by atoms with Gasteiger partial charge in [-0.2, -0.15) is 0 Å². The van der Waals surface area contributed by atoms with E-state index in [0.29, 0.717) is 0 Å². The highest BCUT2D eigenvalue weighted by Crippen LogP contribution is 2.34. The average molecular weight is 309 g/mol. The zero-order valence-electron chi connectivity index (χ0n) is 11.0. The van der Waals surface area contributed by atoms with Gasteiger partial charge in [-0.1, -0.05) is 13.0 Å². The summed E-state index contributed by atoms with van der Waals surface area (Å²) in [5.41, 5.74) is 2.81. The van der Waals surface area contributed by atoms with Crippen LogP contribution in [0.4, 0.5) is 0 Å². The van der Waals surface area contributed by atoms with Crippen LogP contribution in [0.25, 0.3) is 0 Å². The molecule has 3 heteroatoms. The Morgan fingerprint density at radius 2 is 2.28 bits per heavy atom. The molecular weight excluding hydrogens is 288 g/mol. The van der Waals surface area contributed by atoms with Gasteiger partial charge in [0.25, 0.3) is 0 Å². The van der Waals surface area contributed by atoms with Gasteiger partial charge in [0, 0.05) is 11.7 Å². The van der Waals surface area contributed by atoms with Crippen molar-refractivity contribution in [1.82, 2.24) is 9.88 Å². The fourth-order valence-electron chi connectivity index (χ4n) is 3.65. The fourth-order valence-corrected chi connectivity index (χ4v) is 4.00. The van der Waals surface area contributed by atoms with Gasteiger partial charge in [0.15, 0.2) is 0 Å². The monoisotopic (exact) mass is 308 g/mol. The van der Waals surface area contributed by atoms with Gasteiger partial charge in [-0.3, -0.25) is 4.90 Å². The largest absolute Gasteiger partial charge is 0.300 e. The maximum atomic E-state index is 4.67. The summed E-state index contributed by atoms with van der Waals surface area (Å²) >= 11 is 3.49. The van der Waals surface area contributed by atoms with Crippen LogP contribution in [0.1, 0.15) is 37.4 Å². The molecule has 0 N–H and O–H groups in total. The maximum absolute atomic E-state index is 4.67. The Bertz CT molecular complexity index is 431. The number of hydrogen-bond acceptors (Lipinski definition) is 2. The first-order valence-electron chi connectivity index (χ1n) is 7.16. The molecule has 1 fully saturated rings. The van der Waals surface area contributed by atoms with E-state index in [-0.39, 0.29) is 0 Å². The van der Waals surface area contributed by atoms with Gasteiger partial charge in [-0.05, 0) is 78.7 Å². The molecule has 3 rings (SSSR count). The molecule has 0 amide bonds. The molecule has 18 heavy (non-hydrogen) atoms. The Hall–Kier alpha value is -0.410. The summed E-state index contributed by atoms with van der Waals surface area (Å²) in [6.07, 6.45) is 6.41. The van der Waals surface area contributed by atoms with E-state index in [1.807, 2.05) is 0 Å². The first-order valence-corrected chi connectivity index (χ1v) is 7.95. The Balaban J connectivity index is 1.85. The van der Waals surface area contributed by atoms with Crippen LogP contribution < -0.4 is 0 Å². The van der Waals surface area contributed by atoms with Gasteiger partial charge in [0.1, 0.15) is 4.60 Å². The molecule has 0 bridgehead atoms. The highest BCUT2D eigenvalue weighted by Gasteiger charge is 2.35. The molecule has 2 heterocycles. The van der Waals surface area contributed by atoms with Crippen molar-refractivity contribution in [3.8, 4) is 0 Å². The Morgan fingerprint density at radius 3 is 3.11 bits per heavy atom. The highest BCUT2D eigenvalue weighted by atomic mass is 79.9. The second-order valence-corrected chi connectivity index (χ2v) is 6.47. The smallest absolute Gasteiger partial charge is 0.106 e. The van der Waals surface area contributed by atoms with Gasteiger partial charge in [0.2, 0.25) is 0 Å². The summed E-state index contributed by atoms with van der Waals surface area (Å²) < 4.78 is 0.987.